The maximum Gasteiger partial charge on any atom is 0.407 e. The third-order valence-corrected chi connectivity index (χ3v) is 6.74. The maximum atomic E-state index is 11.2. The number of carbonyl (C=O) groups is 1. The molecule has 0 atom stereocenters. The van der Waals surface area contributed by atoms with Crippen LogP contribution in [0.5, 0.6) is 0 Å². The molecule has 7 heteroatoms. The van der Waals surface area contributed by atoms with Crippen molar-refractivity contribution in [1.29, 1.82) is 0 Å². The van der Waals surface area contributed by atoms with Crippen LogP contribution in [0.3, 0.4) is 0 Å². The molecular formula is C19H30N4O3. The lowest BCUT2D eigenvalue weighted by atomic mass is 9.64. The van der Waals surface area contributed by atoms with Gasteiger partial charge in [0.2, 0.25) is 0 Å². The number of imidazole rings is 1. The first-order valence-corrected chi connectivity index (χ1v) is 9.82. The zero-order valence-corrected chi connectivity index (χ0v) is 15.6. The van der Waals surface area contributed by atoms with E-state index in [1.807, 2.05) is 6.20 Å². The number of amides is 1. The van der Waals surface area contributed by atoms with Gasteiger partial charge in [0.15, 0.2) is 0 Å². The first-order valence-electron chi connectivity index (χ1n) is 9.82. The minimum absolute atomic E-state index is 0.274. The van der Waals surface area contributed by atoms with Gasteiger partial charge < -0.3 is 24.2 Å². The van der Waals surface area contributed by atoms with E-state index < -0.39 is 6.09 Å². The molecule has 1 aliphatic carbocycles. The molecule has 4 rings (SSSR count). The predicted molar refractivity (Wildman–Crippen MR) is 97.3 cm³/mol. The molecule has 1 saturated carbocycles. The van der Waals surface area contributed by atoms with E-state index in [1.165, 1.54) is 18.7 Å². The zero-order valence-electron chi connectivity index (χ0n) is 15.6. The Morgan fingerprint density at radius 2 is 2.12 bits per heavy atom. The Hall–Kier alpha value is -1.60. The summed E-state index contributed by atoms with van der Waals surface area (Å²) in [5.74, 6) is 1.75. The Morgan fingerprint density at radius 1 is 1.35 bits per heavy atom. The lowest BCUT2D eigenvalue weighted by molar-refractivity contribution is -0.00438. The molecule has 3 fully saturated rings. The molecule has 1 spiro atoms. The van der Waals surface area contributed by atoms with Crippen molar-refractivity contribution in [3.05, 3.63) is 18.2 Å². The van der Waals surface area contributed by atoms with Gasteiger partial charge >= 0.3 is 6.09 Å². The number of piperidine rings is 1. The fourth-order valence-electron chi connectivity index (χ4n) is 5.21. The van der Waals surface area contributed by atoms with Gasteiger partial charge in [-0.3, -0.25) is 0 Å². The largest absolute Gasteiger partial charge is 0.465 e. The van der Waals surface area contributed by atoms with Crippen LogP contribution in [0.15, 0.2) is 12.4 Å². The molecule has 3 heterocycles. The van der Waals surface area contributed by atoms with Crippen molar-refractivity contribution in [2.75, 3.05) is 39.9 Å². The van der Waals surface area contributed by atoms with Gasteiger partial charge in [0, 0.05) is 51.1 Å². The summed E-state index contributed by atoms with van der Waals surface area (Å²) in [6.45, 7) is 5.31. The third-order valence-electron chi connectivity index (χ3n) is 6.74. The Balaban J connectivity index is 1.27. The fourth-order valence-corrected chi connectivity index (χ4v) is 5.21. The molecule has 2 saturated heterocycles. The monoisotopic (exact) mass is 362 g/mol. The lowest BCUT2D eigenvalue weighted by Crippen LogP contribution is -2.54. The van der Waals surface area contributed by atoms with Crippen LogP contribution in [0.1, 0.15) is 43.8 Å². The van der Waals surface area contributed by atoms with Crippen molar-refractivity contribution in [2.45, 2.75) is 50.6 Å². The maximum absolute atomic E-state index is 11.2. The highest BCUT2D eigenvalue weighted by atomic mass is 16.5. The number of aromatic nitrogens is 2. The number of likely N-dealkylation sites (tertiary alicyclic amines) is 2. The number of hydrogen-bond donors (Lipinski definition) is 1. The van der Waals surface area contributed by atoms with Gasteiger partial charge in [0.05, 0.1) is 6.61 Å². The molecule has 3 aliphatic rings. The lowest BCUT2D eigenvalue weighted by Gasteiger charge is -2.51. The Bertz CT molecular complexity index is 632. The summed E-state index contributed by atoms with van der Waals surface area (Å²) in [5.41, 5.74) is 0.274. The van der Waals surface area contributed by atoms with E-state index in [0.717, 1.165) is 52.0 Å². The van der Waals surface area contributed by atoms with Crippen molar-refractivity contribution < 1.29 is 14.6 Å². The van der Waals surface area contributed by atoms with E-state index >= 15 is 0 Å². The highest BCUT2D eigenvalue weighted by molar-refractivity contribution is 5.65. The predicted octanol–water partition coefficient (Wildman–Crippen LogP) is 2.24. The van der Waals surface area contributed by atoms with Crippen LogP contribution in [0.4, 0.5) is 4.79 Å². The van der Waals surface area contributed by atoms with Gasteiger partial charge in [-0.2, -0.15) is 0 Å². The van der Waals surface area contributed by atoms with E-state index in [4.69, 9.17) is 4.74 Å². The summed E-state index contributed by atoms with van der Waals surface area (Å²) in [5, 5.41) is 9.18. The van der Waals surface area contributed by atoms with Crippen LogP contribution in [0.25, 0.3) is 0 Å². The van der Waals surface area contributed by atoms with Crippen molar-refractivity contribution in [1.82, 2.24) is 19.4 Å². The molecular weight excluding hydrogens is 332 g/mol. The van der Waals surface area contributed by atoms with E-state index in [-0.39, 0.29) is 5.41 Å². The highest BCUT2D eigenvalue weighted by Crippen LogP contribution is 2.50. The molecule has 7 nitrogen and oxygen atoms in total. The first-order chi connectivity index (χ1) is 12.6. The molecule has 0 radical (unpaired) electrons. The molecule has 1 amide bonds. The number of carboxylic acid groups (broad SMARTS) is 1. The molecule has 1 aromatic rings. The van der Waals surface area contributed by atoms with Crippen LogP contribution in [-0.4, -0.2) is 76.5 Å². The van der Waals surface area contributed by atoms with Crippen LogP contribution in [0, 0.1) is 5.41 Å². The summed E-state index contributed by atoms with van der Waals surface area (Å²) in [4.78, 5) is 20.0. The number of rotatable bonds is 5. The molecule has 1 N–H and O–H groups in total. The van der Waals surface area contributed by atoms with Gasteiger partial charge in [-0.1, -0.05) is 0 Å². The van der Waals surface area contributed by atoms with E-state index in [2.05, 4.69) is 20.6 Å². The van der Waals surface area contributed by atoms with Crippen molar-refractivity contribution in [3.8, 4) is 0 Å². The first kappa shape index (κ1) is 17.8. The second kappa shape index (κ2) is 7.19. The van der Waals surface area contributed by atoms with Gasteiger partial charge in [0.1, 0.15) is 5.82 Å². The third kappa shape index (κ3) is 3.34. The van der Waals surface area contributed by atoms with Crippen LogP contribution in [-0.2, 0) is 11.3 Å². The normalized spacial score (nSPS) is 30.0. The van der Waals surface area contributed by atoms with Gasteiger partial charge in [-0.25, -0.2) is 9.78 Å². The molecule has 26 heavy (non-hydrogen) atoms. The minimum atomic E-state index is -0.755. The molecule has 0 aromatic carbocycles. The highest BCUT2D eigenvalue weighted by Gasteiger charge is 2.51. The van der Waals surface area contributed by atoms with Crippen molar-refractivity contribution in [2.24, 2.45) is 5.41 Å². The topological polar surface area (TPSA) is 70.8 Å². The average Bonchev–Trinajstić information content (AvgIpc) is 3.26. The quantitative estimate of drug-likeness (QED) is 0.870. The summed E-state index contributed by atoms with van der Waals surface area (Å²) in [6, 6.07) is 0.651. The van der Waals surface area contributed by atoms with Gasteiger partial charge in [0.25, 0.3) is 0 Å². The molecule has 1 aromatic heterocycles. The number of nitrogens with zero attached hydrogens (tertiary/aromatic N) is 4. The minimum Gasteiger partial charge on any atom is -0.465 e. The van der Waals surface area contributed by atoms with Gasteiger partial charge in [-0.15, -0.1) is 0 Å². The second-order valence-corrected chi connectivity index (χ2v) is 8.30. The number of methoxy groups -OCH3 is 1. The molecule has 144 valence electrons. The fraction of sp³-hybridized carbons (Fsp3) is 0.789. The van der Waals surface area contributed by atoms with Crippen LogP contribution in [0.2, 0.25) is 0 Å². The Labute approximate surface area is 154 Å². The van der Waals surface area contributed by atoms with Crippen LogP contribution < -0.4 is 0 Å². The molecule has 2 aliphatic heterocycles. The van der Waals surface area contributed by atoms with Crippen molar-refractivity contribution in [3.63, 3.8) is 0 Å². The van der Waals surface area contributed by atoms with Crippen molar-refractivity contribution >= 4 is 6.09 Å². The van der Waals surface area contributed by atoms with Gasteiger partial charge in [-0.05, 0) is 50.6 Å². The van der Waals surface area contributed by atoms with Crippen LogP contribution >= 0.6 is 0 Å². The number of hydrogen-bond acceptors (Lipinski definition) is 4. The zero-order chi connectivity index (χ0) is 18.1. The van der Waals surface area contributed by atoms with E-state index in [0.29, 0.717) is 18.5 Å². The summed E-state index contributed by atoms with van der Waals surface area (Å²) in [6.07, 6.45) is 8.92. The summed E-state index contributed by atoms with van der Waals surface area (Å²) in [7, 11) is 1.74. The van der Waals surface area contributed by atoms with E-state index in [1.54, 1.807) is 12.0 Å². The average molecular weight is 362 g/mol. The smallest absolute Gasteiger partial charge is 0.407 e. The SMILES string of the molecule is COCCn1ccnc1C1CCN(C2CC3(CCN(C(=O)O)C3)C2)CC1. The molecule has 0 unspecified atom stereocenters. The summed E-state index contributed by atoms with van der Waals surface area (Å²) < 4.78 is 7.44. The number of ether oxygens (including phenoxy) is 1. The second-order valence-electron chi connectivity index (χ2n) is 8.30. The standard InChI is InChI=1S/C19H30N4O3/c1-26-11-10-22-9-5-20-17(22)15-2-6-21(7-3-15)16-12-19(13-16)4-8-23(14-19)18(24)25/h5,9,15-16H,2-4,6-8,10-14H2,1H3,(H,24,25). The summed E-state index contributed by atoms with van der Waals surface area (Å²) >= 11 is 0. The van der Waals surface area contributed by atoms with E-state index in [9.17, 15) is 9.90 Å². The Kier molecular flexibility index (Phi) is 4.92. The molecule has 0 bridgehead atoms. The Morgan fingerprint density at radius 3 is 2.77 bits per heavy atom.